The average Bonchev–Trinajstić information content (AvgIpc) is 2.55. The Bertz CT molecular complexity index is 700. The molecule has 2 aromatic rings. The highest BCUT2D eigenvalue weighted by Crippen LogP contribution is 2.24. The van der Waals surface area contributed by atoms with Crippen LogP contribution < -0.4 is 10.1 Å². The number of Topliss-reactive ketones (excluding diaryl/α,β-unsaturated/α-hetero) is 1. The molecular weight excluding hydrogens is 297 g/mol. The number of nitrogens with one attached hydrogen (secondary N) is 1. The summed E-state index contributed by atoms with van der Waals surface area (Å²) in [5, 5.41) is 2.71. The number of rotatable bonds is 7. The van der Waals surface area contributed by atoms with Crippen molar-refractivity contribution in [2.75, 3.05) is 11.9 Å². The second-order valence-corrected chi connectivity index (χ2v) is 4.88. The molecule has 0 heterocycles. The molecule has 0 aromatic heterocycles. The highest BCUT2D eigenvalue weighted by molar-refractivity contribution is 6.00. The normalized spacial score (nSPS) is 10.2. The fourth-order valence-corrected chi connectivity index (χ4v) is 2.11. The average molecular weight is 315 g/mol. The molecule has 1 amide bonds. The third-order valence-electron chi connectivity index (χ3n) is 3.21. The molecule has 0 aliphatic rings. The van der Waals surface area contributed by atoms with Gasteiger partial charge in [0.05, 0.1) is 17.9 Å². The minimum atomic E-state index is -0.570. The molecule has 0 unspecified atom stereocenters. The molecule has 5 heteroatoms. The predicted octanol–water partition coefficient (Wildman–Crippen LogP) is 3.83. The minimum absolute atomic E-state index is 0.00927. The van der Waals surface area contributed by atoms with Crippen molar-refractivity contribution in [1.29, 1.82) is 0 Å². The van der Waals surface area contributed by atoms with Crippen molar-refractivity contribution in [2.24, 2.45) is 0 Å². The Labute approximate surface area is 134 Å². The van der Waals surface area contributed by atoms with E-state index in [9.17, 15) is 14.0 Å². The van der Waals surface area contributed by atoms with Gasteiger partial charge in [-0.05, 0) is 31.2 Å². The first-order valence-corrected chi connectivity index (χ1v) is 7.41. The first-order valence-electron chi connectivity index (χ1n) is 7.41. The molecule has 0 fully saturated rings. The summed E-state index contributed by atoms with van der Waals surface area (Å²) >= 11 is 0. The summed E-state index contributed by atoms with van der Waals surface area (Å²) in [5.74, 6) is -0.707. The van der Waals surface area contributed by atoms with Crippen LogP contribution in [0.3, 0.4) is 0 Å². The van der Waals surface area contributed by atoms with Crippen LogP contribution >= 0.6 is 0 Å². The van der Waals surface area contributed by atoms with Crippen LogP contribution in [-0.2, 0) is 4.79 Å². The van der Waals surface area contributed by atoms with Crippen LogP contribution in [0.2, 0.25) is 0 Å². The number of amides is 1. The summed E-state index contributed by atoms with van der Waals surface area (Å²) in [5.41, 5.74) is 0.563. The van der Waals surface area contributed by atoms with Crippen LogP contribution in [0.15, 0.2) is 48.5 Å². The maximum absolute atomic E-state index is 13.5. The number of halogens is 1. The fourth-order valence-electron chi connectivity index (χ4n) is 2.11. The van der Waals surface area contributed by atoms with Gasteiger partial charge in [-0.3, -0.25) is 9.59 Å². The third kappa shape index (κ3) is 4.64. The predicted molar refractivity (Wildman–Crippen MR) is 86.2 cm³/mol. The molecule has 2 aromatic carbocycles. The molecule has 2 rings (SSSR count). The van der Waals surface area contributed by atoms with E-state index in [1.807, 2.05) is 13.0 Å². The number of anilines is 1. The van der Waals surface area contributed by atoms with E-state index in [4.69, 9.17) is 4.74 Å². The Hall–Kier alpha value is -2.69. The lowest BCUT2D eigenvalue weighted by Crippen LogP contribution is -2.14. The van der Waals surface area contributed by atoms with E-state index in [0.717, 1.165) is 0 Å². The van der Waals surface area contributed by atoms with Crippen molar-refractivity contribution in [3.05, 3.63) is 59.9 Å². The van der Waals surface area contributed by atoms with Gasteiger partial charge >= 0.3 is 0 Å². The maximum Gasteiger partial charge on any atom is 0.224 e. The number of ether oxygens (including phenoxy) is 1. The SMILES string of the molecule is CCOc1ccccc1NC(=O)CCC(=O)c1ccccc1F. The molecule has 0 bridgehead atoms. The van der Waals surface area contributed by atoms with Crippen molar-refractivity contribution < 1.29 is 18.7 Å². The zero-order valence-corrected chi connectivity index (χ0v) is 12.8. The third-order valence-corrected chi connectivity index (χ3v) is 3.21. The Morgan fingerprint density at radius 1 is 1.04 bits per heavy atom. The Balaban J connectivity index is 1.93. The smallest absolute Gasteiger partial charge is 0.224 e. The van der Waals surface area contributed by atoms with Gasteiger partial charge in [-0.25, -0.2) is 4.39 Å². The van der Waals surface area contributed by atoms with E-state index >= 15 is 0 Å². The number of benzene rings is 2. The topological polar surface area (TPSA) is 55.4 Å². The second kappa shape index (κ2) is 8.08. The summed E-state index contributed by atoms with van der Waals surface area (Å²) in [7, 11) is 0. The van der Waals surface area contributed by atoms with Gasteiger partial charge in [0.15, 0.2) is 5.78 Å². The molecule has 0 saturated carbocycles. The van der Waals surface area contributed by atoms with Crippen molar-refractivity contribution in [1.82, 2.24) is 0 Å². The molecule has 1 N–H and O–H groups in total. The van der Waals surface area contributed by atoms with Crippen molar-refractivity contribution in [2.45, 2.75) is 19.8 Å². The number of hydrogen-bond acceptors (Lipinski definition) is 3. The monoisotopic (exact) mass is 315 g/mol. The van der Waals surface area contributed by atoms with E-state index in [1.165, 1.54) is 18.2 Å². The molecule has 0 aliphatic heterocycles. The molecule has 0 aliphatic carbocycles. The van der Waals surface area contributed by atoms with Gasteiger partial charge in [0.25, 0.3) is 0 Å². The zero-order valence-electron chi connectivity index (χ0n) is 12.8. The maximum atomic E-state index is 13.5. The first-order chi connectivity index (χ1) is 11.1. The largest absolute Gasteiger partial charge is 0.492 e. The van der Waals surface area contributed by atoms with E-state index in [1.54, 1.807) is 24.3 Å². The molecular formula is C18H18FNO3. The Morgan fingerprint density at radius 3 is 2.48 bits per heavy atom. The van der Waals surface area contributed by atoms with Gasteiger partial charge in [-0.15, -0.1) is 0 Å². The summed E-state index contributed by atoms with van der Waals surface area (Å²) in [6.45, 7) is 2.34. The highest BCUT2D eigenvalue weighted by atomic mass is 19.1. The van der Waals surface area contributed by atoms with Gasteiger partial charge in [0.2, 0.25) is 5.91 Å². The number of para-hydroxylation sites is 2. The van der Waals surface area contributed by atoms with E-state index < -0.39 is 11.6 Å². The van der Waals surface area contributed by atoms with Crippen LogP contribution in [0.1, 0.15) is 30.1 Å². The fraction of sp³-hybridized carbons (Fsp3) is 0.222. The first kappa shape index (κ1) is 16.7. The summed E-state index contributed by atoms with van der Waals surface area (Å²) in [6, 6.07) is 12.8. The van der Waals surface area contributed by atoms with Gasteiger partial charge in [-0.2, -0.15) is 0 Å². The van der Waals surface area contributed by atoms with E-state index in [-0.39, 0.29) is 24.3 Å². The van der Waals surface area contributed by atoms with Crippen LogP contribution in [0, 0.1) is 5.82 Å². The van der Waals surface area contributed by atoms with Crippen LogP contribution in [0.4, 0.5) is 10.1 Å². The summed E-state index contributed by atoms with van der Waals surface area (Å²) < 4.78 is 18.9. The van der Waals surface area contributed by atoms with E-state index in [0.29, 0.717) is 18.0 Å². The summed E-state index contributed by atoms with van der Waals surface area (Å²) in [6.07, 6.45) is -0.0722. The van der Waals surface area contributed by atoms with Gasteiger partial charge in [0, 0.05) is 12.8 Å². The minimum Gasteiger partial charge on any atom is -0.492 e. The summed E-state index contributed by atoms with van der Waals surface area (Å²) in [4.78, 5) is 23.9. The lowest BCUT2D eigenvalue weighted by molar-refractivity contribution is -0.116. The molecule has 120 valence electrons. The molecule has 23 heavy (non-hydrogen) atoms. The van der Waals surface area contributed by atoms with Crippen LogP contribution in [0.5, 0.6) is 5.75 Å². The van der Waals surface area contributed by atoms with Gasteiger partial charge < -0.3 is 10.1 Å². The Kier molecular flexibility index (Phi) is 5.86. The van der Waals surface area contributed by atoms with Gasteiger partial charge in [0.1, 0.15) is 11.6 Å². The molecule has 0 atom stereocenters. The zero-order chi connectivity index (χ0) is 16.7. The van der Waals surface area contributed by atoms with Gasteiger partial charge in [-0.1, -0.05) is 24.3 Å². The van der Waals surface area contributed by atoms with Crippen molar-refractivity contribution in [3.63, 3.8) is 0 Å². The van der Waals surface area contributed by atoms with E-state index in [2.05, 4.69) is 5.32 Å². The van der Waals surface area contributed by atoms with Crippen LogP contribution in [-0.4, -0.2) is 18.3 Å². The lowest BCUT2D eigenvalue weighted by atomic mass is 10.1. The van der Waals surface area contributed by atoms with Crippen LogP contribution in [0.25, 0.3) is 0 Å². The van der Waals surface area contributed by atoms with Crippen molar-refractivity contribution >= 4 is 17.4 Å². The molecule has 0 radical (unpaired) electrons. The van der Waals surface area contributed by atoms with Crippen molar-refractivity contribution in [3.8, 4) is 5.75 Å². The lowest BCUT2D eigenvalue weighted by Gasteiger charge is -2.11. The molecule has 0 spiro atoms. The quantitative estimate of drug-likeness (QED) is 0.790. The number of carbonyl (C=O) groups is 2. The number of ketones is 1. The number of carbonyl (C=O) groups excluding carboxylic acids is 2. The molecule has 4 nitrogen and oxygen atoms in total. The second-order valence-electron chi connectivity index (χ2n) is 4.88. The highest BCUT2D eigenvalue weighted by Gasteiger charge is 2.14. The standard InChI is InChI=1S/C18H18FNO3/c1-2-23-17-10-6-5-9-15(17)20-18(22)12-11-16(21)13-7-3-4-8-14(13)19/h3-10H,2,11-12H2,1H3,(H,20,22). The molecule has 0 saturated heterocycles. The Morgan fingerprint density at radius 2 is 1.74 bits per heavy atom. The number of hydrogen-bond donors (Lipinski definition) is 1.